The number of sulfone groups is 1. The monoisotopic (exact) mass is 372 g/mol. The van der Waals surface area contributed by atoms with E-state index >= 15 is 0 Å². The summed E-state index contributed by atoms with van der Waals surface area (Å²) in [6, 6.07) is 4.60. The van der Waals surface area contributed by atoms with Crippen LogP contribution in [0.1, 0.15) is 6.42 Å². The van der Waals surface area contributed by atoms with Gasteiger partial charge in [-0.15, -0.1) is 0 Å². The lowest BCUT2D eigenvalue weighted by Crippen LogP contribution is -2.41. The number of hydrogen-bond donors (Lipinski definition) is 2. The van der Waals surface area contributed by atoms with E-state index in [2.05, 4.69) is 5.32 Å². The SMILES string of the molecule is COc1ccc(OC)c(NC(=O)CCN(C)C2CS(=O)(=O)CC2O)c1. The highest BCUT2D eigenvalue weighted by Crippen LogP contribution is 2.29. The summed E-state index contributed by atoms with van der Waals surface area (Å²) in [4.78, 5) is 13.9. The zero-order valence-electron chi connectivity index (χ0n) is 14.6. The zero-order valence-corrected chi connectivity index (χ0v) is 15.4. The van der Waals surface area contributed by atoms with Crippen LogP contribution in [0.15, 0.2) is 18.2 Å². The summed E-state index contributed by atoms with van der Waals surface area (Å²) >= 11 is 0. The Hall–Kier alpha value is -1.84. The Morgan fingerprint density at radius 2 is 2.04 bits per heavy atom. The van der Waals surface area contributed by atoms with Gasteiger partial charge in [0.25, 0.3) is 0 Å². The van der Waals surface area contributed by atoms with Crippen LogP contribution in [0.25, 0.3) is 0 Å². The van der Waals surface area contributed by atoms with Crippen LogP contribution < -0.4 is 14.8 Å². The molecule has 9 heteroatoms. The van der Waals surface area contributed by atoms with Gasteiger partial charge in [0, 0.05) is 19.0 Å². The number of nitrogens with one attached hydrogen (secondary N) is 1. The third-order valence-electron chi connectivity index (χ3n) is 4.23. The number of methoxy groups -OCH3 is 2. The number of ether oxygens (including phenoxy) is 2. The zero-order chi connectivity index (χ0) is 18.6. The normalized spacial score (nSPS) is 22.0. The number of aliphatic hydroxyl groups excluding tert-OH is 1. The minimum Gasteiger partial charge on any atom is -0.497 e. The standard InChI is InChI=1S/C16H24N2O6S/c1-18(13-9-25(21,22)10-14(13)19)7-6-16(20)17-12-8-11(23-2)4-5-15(12)24-3/h4-5,8,13-14,19H,6-7,9-10H2,1-3H3,(H,17,20). The molecule has 140 valence electrons. The summed E-state index contributed by atoms with van der Waals surface area (Å²) in [5.74, 6) is 0.548. The molecular formula is C16H24N2O6S. The average Bonchev–Trinajstić information content (AvgIpc) is 2.85. The number of aliphatic hydroxyl groups is 1. The number of rotatable bonds is 7. The van der Waals surface area contributed by atoms with E-state index in [0.717, 1.165) is 0 Å². The quantitative estimate of drug-likeness (QED) is 0.700. The Balaban J connectivity index is 1.93. The lowest BCUT2D eigenvalue weighted by molar-refractivity contribution is -0.116. The second-order valence-corrected chi connectivity index (χ2v) is 8.21. The summed E-state index contributed by atoms with van der Waals surface area (Å²) in [6.45, 7) is 0.329. The van der Waals surface area contributed by atoms with Crippen molar-refractivity contribution in [2.45, 2.75) is 18.6 Å². The molecule has 8 nitrogen and oxygen atoms in total. The van der Waals surface area contributed by atoms with Crippen molar-refractivity contribution in [3.8, 4) is 11.5 Å². The number of anilines is 1. The summed E-state index contributed by atoms with van der Waals surface area (Å²) in [7, 11) is 1.52. The molecule has 0 bridgehead atoms. The van der Waals surface area contributed by atoms with Gasteiger partial charge in [-0.3, -0.25) is 9.69 Å². The van der Waals surface area contributed by atoms with E-state index in [1.54, 1.807) is 30.1 Å². The summed E-state index contributed by atoms with van der Waals surface area (Å²) < 4.78 is 33.5. The topological polar surface area (TPSA) is 105 Å². The van der Waals surface area contributed by atoms with Gasteiger partial charge in [-0.25, -0.2) is 8.42 Å². The predicted octanol–water partition coefficient (Wildman–Crippen LogP) is 0.122. The van der Waals surface area contributed by atoms with Gasteiger partial charge in [0.2, 0.25) is 5.91 Å². The maximum absolute atomic E-state index is 12.2. The fraction of sp³-hybridized carbons (Fsp3) is 0.562. The first-order chi connectivity index (χ1) is 11.8. The number of carbonyl (C=O) groups excluding carboxylic acids is 1. The predicted molar refractivity (Wildman–Crippen MR) is 93.9 cm³/mol. The van der Waals surface area contributed by atoms with Gasteiger partial charge in [0.15, 0.2) is 9.84 Å². The summed E-state index contributed by atoms with van der Waals surface area (Å²) in [5.41, 5.74) is 0.498. The lowest BCUT2D eigenvalue weighted by Gasteiger charge is -2.25. The minimum absolute atomic E-state index is 0.0873. The number of carbonyl (C=O) groups is 1. The van der Waals surface area contributed by atoms with Crippen LogP contribution in [-0.2, 0) is 14.6 Å². The van der Waals surface area contributed by atoms with E-state index in [4.69, 9.17) is 9.47 Å². The molecule has 0 aromatic heterocycles. The fourth-order valence-electron chi connectivity index (χ4n) is 2.80. The molecule has 0 saturated carbocycles. The van der Waals surface area contributed by atoms with Gasteiger partial charge in [0.1, 0.15) is 11.5 Å². The largest absolute Gasteiger partial charge is 0.497 e. The van der Waals surface area contributed by atoms with Crippen LogP contribution in [0.4, 0.5) is 5.69 Å². The molecule has 1 aromatic carbocycles. The third-order valence-corrected chi connectivity index (χ3v) is 5.93. The number of amides is 1. The van der Waals surface area contributed by atoms with Crippen LogP contribution in [0.2, 0.25) is 0 Å². The smallest absolute Gasteiger partial charge is 0.225 e. The van der Waals surface area contributed by atoms with E-state index < -0.39 is 22.0 Å². The molecule has 2 atom stereocenters. The molecular weight excluding hydrogens is 348 g/mol. The molecule has 2 rings (SSSR count). The van der Waals surface area contributed by atoms with Gasteiger partial charge in [-0.1, -0.05) is 0 Å². The molecule has 1 aromatic rings. The van der Waals surface area contributed by atoms with Crippen LogP contribution in [0.5, 0.6) is 11.5 Å². The van der Waals surface area contributed by atoms with Crippen molar-refractivity contribution in [2.24, 2.45) is 0 Å². The van der Waals surface area contributed by atoms with Gasteiger partial charge in [0.05, 0.1) is 43.6 Å². The molecule has 0 aliphatic carbocycles. The molecule has 1 amide bonds. The Morgan fingerprint density at radius 1 is 1.32 bits per heavy atom. The van der Waals surface area contributed by atoms with Crippen LogP contribution in [0.3, 0.4) is 0 Å². The second-order valence-electron chi connectivity index (χ2n) is 6.06. The molecule has 2 N–H and O–H groups in total. The van der Waals surface area contributed by atoms with Crippen molar-refractivity contribution in [3.63, 3.8) is 0 Å². The second kappa shape index (κ2) is 8.03. The number of hydrogen-bond acceptors (Lipinski definition) is 7. The molecule has 1 heterocycles. The molecule has 1 fully saturated rings. The number of benzene rings is 1. The Kier molecular flexibility index (Phi) is 6.26. The summed E-state index contributed by atoms with van der Waals surface area (Å²) in [6.07, 6.45) is -0.767. The van der Waals surface area contributed by atoms with E-state index in [-0.39, 0.29) is 23.8 Å². The van der Waals surface area contributed by atoms with Crippen molar-refractivity contribution in [1.29, 1.82) is 0 Å². The van der Waals surface area contributed by atoms with Crippen molar-refractivity contribution in [2.75, 3.05) is 44.6 Å². The molecule has 1 aliphatic rings. The Labute approximate surface area is 147 Å². The molecule has 1 aliphatic heterocycles. The van der Waals surface area contributed by atoms with E-state index in [9.17, 15) is 18.3 Å². The highest BCUT2D eigenvalue weighted by atomic mass is 32.2. The fourth-order valence-corrected chi connectivity index (χ4v) is 4.68. The molecule has 0 radical (unpaired) electrons. The Bertz CT molecular complexity index is 721. The van der Waals surface area contributed by atoms with Gasteiger partial charge < -0.3 is 19.9 Å². The average molecular weight is 372 g/mol. The third kappa shape index (κ3) is 5.07. The molecule has 25 heavy (non-hydrogen) atoms. The van der Waals surface area contributed by atoms with Crippen LogP contribution in [-0.4, -0.2) is 75.8 Å². The summed E-state index contributed by atoms with van der Waals surface area (Å²) in [5, 5.41) is 12.6. The van der Waals surface area contributed by atoms with E-state index in [1.807, 2.05) is 0 Å². The van der Waals surface area contributed by atoms with E-state index in [1.165, 1.54) is 14.2 Å². The van der Waals surface area contributed by atoms with Crippen molar-refractivity contribution >= 4 is 21.4 Å². The highest BCUT2D eigenvalue weighted by Gasteiger charge is 2.38. The van der Waals surface area contributed by atoms with Crippen molar-refractivity contribution < 1.29 is 27.8 Å². The Morgan fingerprint density at radius 3 is 2.60 bits per heavy atom. The maximum Gasteiger partial charge on any atom is 0.225 e. The molecule has 2 unspecified atom stereocenters. The molecule has 0 spiro atoms. The first-order valence-electron chi connectivity index (χ1n) is 7.86. The van der Waals surface area contributed by atoms with Crippen molar-refractivity contribution in [3.05, 3.63) is 18.2 Å². The number of likely N-dealkylation sites (N-methyl/N-ethyl adjacent to an activating group) is 1. The first-order valence-corrected chi connectivity index (χ1v) is 9.68. The van der Waals surface area contributed by atoms with Gasteiger partial charge >= 0.3 is 0 Å². The van der Waals surface area contributed by atoms with E-state index in [0.29, 0.717) is 23.7 Å². The van der Waals surface area contributed by atoms with Gasteiger partial charge in [-0.05, 0) is 19.2 Å². The van der Waals surface area contributed by atoms with Crippen LogP contribution >= 0.6 is 0 Å². The van der Waals surface area contributed by atoms with Crippen LogP contribution in [0, 0.1) is 0 Å². The molecule has 1 saturated heterocycles. The first kappa shape index (κ1) is 19.5. The lowest BCUT2D eigenvalue weighted by atomic mass is 10.2. The highest BCUT2D eigenvalue weighted by molar-refractivity contribution is 7.91. The minimum atomic E-state index is -3.22. The number of nitrogens with zero attached hydrogens (tertiary/aromatic N) is 1. The van der Waals surface area contributed by atoms with Crippen molar-refractivity contribution in [1.82, 2.24) is 4.90 Å². The maximum atomic E-state index is 12.2. The van der Waals surface area contributed by atoms with Gasteiger partial charge in [-0.2, -0.15) is 0 Å².